The third kappa shape index (κ3) is 4.06. The molecule has 20 heavy (non-hydrogen) atoms. The number of nitriles is 1. The van der Waals surface area contributed by atoms with Crippen molar-refractivity contribution in [3.63, 3.8) is 0 Å². The second-order valence-electron chi connectivity index (χ2n) is 6.29. The van der Waals surface area contributed by atoms with Crippen LogP contribution in [0.2, 0.25) is 0 Å². The Balaban J connectivity index is 2.03. The van der Waals surface area contributed by atoms with Gasteiger partial charge in [-0.25, -0.2) is 13.1 Å². The maximum Gasteiger partial charge on any atom is 0.216 e. The molecule has 0 bridgehead atoms. The fourth-order valence-corrected chi connectivity index (χ4v) is 4.19. The zero-order valence-corrected chi connectivity index (χ0v) is 12.7. The van der Waals surface area contributed by atoms with Crippen molar-refractivity contribution in [2.75, 3.05) is 0 Å². The molecule has 0 radical (unpaired) electrons. The smallest absolute Gasteiger partial charge is 0.212 e. The number of hydrogen-bond donors (Lipinski definition) is 1. The summed E-state index contributed by atoms with van der Waals surface area (Å²) in [5.41, 5.74) is 1.35. The van der Waals surface area contributed by atoms with Gasteiger partial charge in [-0.15, -0.1) is 0 Å². The minimum absolute atomic E-state index is 0.0362. The Morgan fingerprint density at radius 2 is 2.20 bits per heavy atom. The molecule has 0 heterocycles. The molecule has 1 N–H and O–H groups in total. The molecule has 4 nitrogen and oxygen atoms in total. The van der Waals surface area contributed by atoms with Crippen molar-refractivity contribution in [1.82, 2.24) is 4.72 Å². The first-order valence-electron chi connectivity index (χ1n) is 6.79. The molecular formula is C15H20N2O2S. The third-order valence-corrected chi connectivity index (χ3v) is 5.13. The van der Waals surface area contributed by atoms with Crippen LogP contribution >= 0.6 is 0 Å². The number of nitrogens with one attached hydrogen (secondary N) is 1. The summed E-state index contributed by atoms with van der Waals surface area (Å²) in [5.74, 6) is -0.0700. The highest BCUT2D eigenvalue weighted by molar-refractivity contribution is 7.88. The maximum atomic E-state index is 12.2. The molecule has 0 aliphatic heterocycles. The van der Waals surface area contributed by atoms with Gasteiger partial charge in [0.15, 0.2) is 0 Å². The summed E-state index contributed by atoms with van der Waals surface area (Å²) in [5, 5.41) is 8.83. The van der Waals surface area contributed by atoms with Gasteiger partial charge in [0.25, 0.3) is 0 Å². The van der Waals surface area contributed by atoms with Crippen molar-refractivity contribution in [3.05, 3.63) is 35.4 Å². The van der Waals surface area contributed by atoms with E-state index in [2.05, 4.69) is 18.6 Å². The number of nitrogens with zero attached hydrogens (tertiary/aromatic N) is 1. The summed E-state index contributed by atoms with van der Waals surface area (Å²) in [6, 6.07) is 8.80. The number of sulfonamides is 1. The number of benzene rings is 1. The minimum atomic E-state index is -3.35. The average molecular weight is 292 g/mol. The summed E-state index contributed by atoms with van der Waals surface area (Å²) in [7, 11) is -3.35. The second kappa shape index (κ2) is 5.55. The van der Waals surface area contributed by atoms with Gasteiger partial charge in [0.2, 0.25) is 10.0 Å². The molecule has 1 unspecified atom stereocenters. The molecule has 5 heteroatoms. The maximum absolute atomic E-state index is 12.2. The van der Waals surface area contributed by atoms with E-state index >= 15 is 0 Å². The van der Waals surface area contributed by atoms with E-state index in [1.54, 1.807) is 24.3 Å². The Labute approximate surface area is 120 Å². The molecule has 1 aromatic carbocycles. The quantitative estimate of drug-likeness (QED) is 0.927. The lowest BCUT2D eigenvalue weighted by molar-refractivity contribution is 0.372. The van der Waals surface area contributed by atoms with Gasteiger partial charge < -0.3 is 0 Å². The van der Waals surface area contributed by atoms with Gasteiger partial charge in [-0.05, 0) is 42.4 Å². The standard InChI is InChI=1S/C15H20N2O2S/c1-15(2)7-6-14(9-15)17-20(18,19)11-13-5-3-4-12(8-13)10-16/h3-5,8,14,17H,6-7,9,11H2,1-2H3. The first kappa shape index (κ1) is 15.0. The molecule has 0 saturated heterocycles. The van der Waals surface area contributed by atoms with Crippen molar-refractivity contribution >= 4 is 10.0 Å². The summed E-state index contributed by atoms with van der Waals surface area (Å²) < 4.78 is 27.1. The van der Waals surface area contributed by atoms with E-state index in [9.17, 15) is 8.42 Å². The zero-order chi connectivity index (χ0) is 14.8. The van der Waals surface area contributed by atoms with Crippen molar-refractivity contribution in [2.45, 2.75) is 44.9 Å². The zero-order valence-electron chi connectivity index (χ0n) is 11.9. The molecule has 108 valence electrons. The van der Waals surface area contributed by atoms with Crippen LogP contribution in [-0.4, -0.2) is 14.5 Å². The van der Waals surface area contributed by atoms with Crippen LogP contribution in [0.3, 0.4) is 0 Å². The molecule has 1 aliphatic rings. The van der Waals surface area contributed by atoms with E-state index in [1.165, 1.54) is 0 Å². The lowest BCUT2D eigenvalue weighted by atomic mass is 9.92. The van der Waals surface area contributed by atoms with Crippen molar-refractivity contribution in [1.29, 1.82) is 5.26 Å². The highest BCUT2D eigenvalue weighted by Crippen LogP contribution is 2.37. The second-order valence-corrected chi connectivity index (χ2v) is 8.05. The molecule has 1 atom stereocenters. The van der Waals surface area contributed by atoms with Crippen LogP contribution in [0.1, 0.15) is 44.2 Å². The molecule has 2 rings (SSSR count). The fraction of sp³-hybridized carbons (Fsp3) is 0.533. The number of rotatable bonds is 4. The predicted octanol–water partition coefficient (Wildman–Crippen LogP) is 2.56. The molecule has 0 amide bonds. The van der Waals surface area contributed by atoms with Gasteiger partial charge in [-0.2, -0.15) is 5.26 Å². The van der Waals surface area contributed by atoms with Crippen LogP contribution in [-0.2, 0) is 15.8 Å². The van der Waals surface area contributed by atoms with Gasteiger partial charge in [0.1, 0.15) is 0 Å². The van der Waals surface area contributed by atoms with E-state index < -0.39 is 10.0 Å². The van der Waals surface area contributed by atoms with Crippen molar-refractivity contribution < 1.29 is 8.42 Å². The average Bonchev–Trinajstić information content (AvgIpc) is 2.67. The predicted molar refractivity (Wildman–Crippen MR) is 78.3 cm³/mol. The number of hydrogen-bond acceptors (Lipinski definition) is 3. The first-order valence-corrected chi connectivity index (χ1v) is 8.44. The molecule has 1 fully saturated rings. The van der Waals surface area contributed by atoms with E-state index in [0.29, 0.717) is 11.1 Å². The van der Waals surface area contributed by atoms with E-state index in [4.69, 9.17) is 5.26 Å². The van der Waals surface area contributed by atoms with Crippen LogP contribution in [0.5, 0.6) is 0 Å². The Bertz CT molecular complexity index is 630. The monoisotopic (exact) mass is 292 g/mol. The molecule has 1 saturated carbocycles. The highest BCUT2D eigenvalue weighted by atomic mass is 32.2. The molecule has 0 spiro atoms. The van der Waals surface area contributed by atoms with Crippen LogP contribution in [0, 0.1) is 16.7 Å². The normalized spacial score (nSPS) is 21.6. The van der Waals surface area contributed by atoms with Gasteiger partial charge >= 0.3 is 0 Å². The van der Waals surface area contributed by atoms with E-state index in [0.717, 1.165) is 19.3 Å². The van der Waals surface area contributed by atoms with Gasteiger partial charge in [-0.3, -0.25) is 0 Å². The van der Waals surface area contributed by atoms with Crippen LogP contribution in [0.25, 0.3) is 0 Å². The van der Waals surface area contributed by atoms with Crippen molar-refractivity contribution in [2.24, 2.45) is 5.41 Å². The molecule has 0 aromatic heterocycles. The van der Waals surface area contributed by atoms with E-state index in [1.807, 2.05) is 6.07 Å². The van der Waals surface area contributed by atoms with E-state index in [-0.39, 0.29) is 17.2 Å². The minimum Gasteiger partial charge on any atom is -0.212 e. The SMILES string of the molecule is CC1(C)CCC(NS(=O)(=O)Cc2cccc(C#N)c2)C1. The largest absolute Gasteiger partial charge is 0.216 e. The Kier molecular flexibility index (Phi) is 4.17. The summed E-state index contributed by atoms with van der Waals surface area (Å²) in [4.78, 5) is 0. The third-order valence-electron chi connectivity index (χ3n) is 3.73. The van der Waals surface area contributed by atoms with Crippen molar-refractivity contribution in [3.8, 4) is 6.07 Å². The molecular weight excluding hydrogens is 272 g/mol. The molecule has 1 aromatic rings. The molecule has 1 aliphatic carbocycles. The van der Waals surface area contributed by atoms with Gasteiger partial charge in [0.05, 0.1) is 17.4 Å². The van der Waals surface area contributed by atoms with Gasteiger partial charge in [0, 0.05) is 6.04 Å². The fourth-order valence-electron chi connectivity index (χ4n) is 2.78. The lowest BCUT2D eigenvalue weighted by Gasteiger charge is -2.18. The summed E-state index contributed by atoms with van der Waals surface area (Å²) in [6.45, 7) is 4.33. The highest BCUT2D eigenvalue weighted by Gasteiger charge is 2.33. The first-order chi connectivity index (χ1) is 9.30. The summed E-state index contributed by atoms with van der Waals surface area (Å²) in [6.07, 6.45) is 2.82. The Morgan fingerprint density at radius 3 is 2.80 bits per heavy atom. The van der Waals surface area contributed by atoms with Crippen LogP contribution < -0.4 is 4.72 Å². The van der Waals surface area contributed by atoms with Crippen LogP contribution in [0.4, 0.5) is 0 Å². The summed E-state index contributed by atoms with van der Waals surface area (Å²) >= 11 is 0. The van der Waals surface area contributed by atoms with Gasteiger partial charge in [-0.1, -0.05) is 26.0 Å². The van der Waals surface area contributed by atoms with Crippen LogP contribution in [0.15, 0.2) is 24.3 Å². The lowest BCUT2D eigenvalue weighted by Crippen LogP contribution is -2.34. The Hall–Kier alpha value is -1.38. The topological polar surface area (TPSA) is 70.0 Å². The Morgan fingerprint density at radius 1 is 1.45 bits per heavy atom.